The zero-order chi connectivity index (χ0) is 41.3. The van der Waals surface area contributed by atoms with Crippen molar-refractivity contribution >= 4 is 45.4 Å². The minimum atomic E-state index is -5.08. The van der Waals surface area contributed by atoms with E-state index >= 15 is 0 Å². The van der Waals surface area contributed by atoms with Crippen molar-refractivity contribution < 1.29 is 51.0 Å². The summed E-state index contributed by atoms with van der Waals surface area (Å²) in [6.07, 6.45) is -3.78. The van der Waals surface area contributed by atoms with E-state index in [4.69, 9.17) is 20.4 Å². The van der Waals surface area contributed by atoms with Crippen LogP contribution in [0.1, 0.15) is 22.3 Å². The third-order valence-electron chi connectivity index (χ3n) is 8.85. The van der Waals surface area contributed by atoms with Gasteiger partial charge in [-0.1, -0.05) is 60.7 Å². The minimum Gasteiger partial charge on any atom is -0.491 e. The van der Waals surface area contributed by atoms with E-state index in [1.165, 1.54) is 12.3 Å². The summed E-state index contributed by atoms with van der Waals surface area (Å²) in [4.78, 5) is 52.0. The average Bonchev–Trinajstić information content (AvgIpc) is 3.52. The van der Waals surface area contributed by atoms with Crippen molar-refractivity contribution in [1.82, 2.24) is 20.5 Å². The van der Waals surface area contributed by atoms with Gasteiger partial charge in [0, 0.05) is 18.0 Å². The van der Waals surface area contributed by atoms with Crippen LogP contribution in [0.25, 0.3) is 32.8 Å². The second kappa shape index (κ2) is 17.9. The summed E-state index contributed by atoms with van der Waals surface area (Å²) in [5, 5.41) is 24.5. The number of likely N-dealkylation sites (tertiary alicyclic amines) is 1. The maximum atomic E-state index is 13.8. The van der Waals surface area contributed by atoms with Crippen molar-refractivity contribution in [2.24, 2.45) is 5.73 Å². The van der Waals surface area contributed by atoms with E-state index in [1.807, 2.05) is 66.7 Å². The first kappa shape index (κ1) is 41.5. The van der Waals surface area contributed by atoms with Crippen LogP contribution >= 0.6 is 0 Å². The van der Waals surface area contributed by atoms with E-state index in [2.05, 4.69) is 27.8 Å². The van der Waals surface area contributed by atoms with Crippen LogP contribution < -0.4 is 21.1 Å². The van der Waals surface area contributed by atoms with Gasteiger partial charge in [0.1, 0.15) is 18.4 Å². The van der Waals surface area contributed by atoms with Gasteiger partial charge in [-0.15, -0.1) is 0 Å². The lowest BCUT2D eigenvalue weighted by molar-refractivity contribution is -0.192. The van der Waals surface area contributed by atoms with Gasteiger partial charge in [0.2, 0.25) is 11.8 Å². The first-order valence-corrected chi connectivity index (χ1v) is 17.3. The summed E-state index contributed by atoms with van der Waals surface area (Å²) in [6, 6.07) is 28.8. The molecular weight excluding hydrogens is 755 g/mol. The molecule has 0 bridgehead atoms. The molecule has 6 rings (SSSR count). The second-order valence-corrected chi connectivity index (χ2v) is 13.0. The topological polar surface area (TPSA) is 188 Å². The Morgan fingerprint density at radius 3 is 2.33 bits per heavy atom. The fourth-order valence-electron chi connectivity index (χ4n) is 6.10. The molecule has 3 amide bonds. The third kappa shape index (κ3) is 11.0. The van der Waals surface area contributed by atoms with Crippen molar-refractivity contribution in [2.45, 2.75) is 37.0 Å². The molecule has 296 valence electrons. The highest BCUT2D eigenvalue weighted by Gasteiger charge is 2.47. The van der Waals surface area contributed by atoms with Crippen molar-refractivity contribution in [3.8, 4) is 22.9 Å². The number of hydrogen-bond donors (Lipinski definition) is 4. The zero-order valence-electron chi connectivity index (χ0n) is 29.9. The molecule has 1 aliphatic heterocycles. The predicted octanol–water partition coefficient (Wildman–Crippen LogP) is 5.24. The minimum absolute atomic E-state index is 0.130. The van der Waals surface area contributed by atoms with Crippen LogP contribution in [-0.4, -0.2) is 89.1 Å². The number of aliphatic carboxylic acids is 1. The van der Waals surface area contributed by atoms with E-state index < -0.39 is 55.4 Å². The summed E-state index contributed by atoms with van der Waals surface area (Å²) in [5.74, 6) is -6.92. The number of carboxylic acid groups (broad SMARTS) is 1. The Morgan fingerprint density at radius 2 is 1.67 bits per heavy atom. The van der Waals surface area contributed by atoms with Crippen LogP contribution in [0.15, 0.2) is 97.2 Å². The molecule has 1 saturated heterocycles. The number of hydrogen-bond acceptors (Lipinski definition) is 8. The van der Waals surface area contributed by atoms with Gasteiger partial charge in [0.15, 0.2) is 0 Å². The average molecular weight is 791 g/mol. The van der Waals surface area contributed by atoms with Crippen molar-refractivity contribution in [3.05, 3.63) is 108 Å². The SMILES string of the molecule is N#C[C@@H]1CC(F)(F)CN1C(=O)CNC(=O)c1ccnc2ccc(-c3ccc(OC[C@H](Cc4ccc5ccccc5c4)NC(=O)CN)cc3)cc12.O=C(O)C(F)(F)F. The standard InChI is InChI=1S/C38H34F2N6O4.C2HF3O2/c39-38(40)18-30(19-41)46(23-38)36(48)21-44-37(49)32-13-14-43-34-12-9-28(17-33(32)34)26-7-10-31(11-8-26)50-22-29(45-35(47)20-42)16-24-5-6-25-3-1-2-4-27(25)15-24;3-2(4,5)1(6)7/h1-15,17,29-30H,16,18,20-23,42H2,(H,44,49)(H,45,47);(H,6,7)/t29-,30-;/m0./s1. The number of nitrogens with one attached hydrogen (secondary N) is 2. The lowest BCUT2D eigenvalue weighted by Crippen LogP contribution is -2.43. The largest absolute Gasteiger partial charge is 0.491 e. The molecule has 4 aromatic carbocycles. The predicted molar refractivity (Wildman–Crippen MR) is 198 cm³/mol. The number of ether oxygens (including phenoxy) is 1. The molecule has 5 aromatic rings. The molecule has 0 unspecified atom stereocenters. The molecule has 1 fully saturated rings. The molecule has 57 heavy (non-hydrogen) atoms. The number of nitrogens with two attached hydrogens (primary N) is 1. The van der Waals surface area contributed by atoms with Crippen molar-refractivity contribution in [1.29, 1.82) is 5.26 Å². The molecule has 1 aliphatic rings. The van der Waals surface area contributed by atoms with E-state index in [0.717, 1.165) is 32.4 Å². The molecule has 2 atom stereocenters. The second-order valence-electron chi connectivity index (χ2n) is 13.0. The summed E-state index contributed by atoms with van der Waals surface area (Å²) in [5.41, 5.74) is 9.06. The molecule has 2 heterocycles. The lowest BCUT2D eigenvalue weighted by atomic mass is 10.0. The van der Waals surface area contributed by atoms with Gasteiger partial charge in [-0.2, -0.15) is 18.4 Å². The third-order valence-corrected chi connectivity index (χ3v) is 8.85. The fourth-order valence-corrected chi connectivity index (χ4v) is 6.10. The highest BCUT2D eigenvalue weighted by Crippen LogP contribution is 2.32. The normalized spacial score (nSPS) is 15.2. The number of nitriles is 1. The van der Waals surface area contributed by atoms with Gasteiger partial charge in [-0.25, -0.2) is 13.6 Å². The number of halogens is 5. The van der Waals surface area contributed by atoms with E-state index in [-0.39, 0.29) is 30.7 Å². The Bertz CT molecular complexity index is 2320. The molecule has 5 N–H and O–H groups in total. The van der Waals surface area contributed by atoms with Crippen LogP contribution in [0, 0.1) is 11.3 Å². The molecule has 0 spiro atoms. The maximum absolute atomic E-state index is 13.8. The van der Waals surface area contributed by atoms with E-state index in [1.54, 1.807) is 12.1 Å². The number of carboxylic acids is 1. The Labute approximate surface area is 322 Å². The first-order chi connectivity index (χ1) is 27.1. The molecule has 0 aliphatic carbocycles. The van der Waals surface area contributed by atoms with Gasteiger partial charge in [-0.05, 0) is 64.2 Å². The highest BCUT2D eigenvalue weighted by molar-refractivity contribution is 6.07. The Kier molecular flexibility index (Phi) is 13.0. The number of benzene rings is 4. The van der Waals surface area contributed by atoms with E-state index in [0.29, 0.717) is 23.1 Å². The lowest BCUT2D eigenvalue weighted by Gasteiger charge is -2.20. The van der Waals surface area contributed by atoms with E-state index in [9.17, 15) is 41.6 Å². The molecule has 12 nitrogen and oxygen atoms in total. The molecule has 0 radical (unpaired) electrons. The Morgan fingerprint density at radius 1 is 0.982 bits per heavy atom. The number of rotatable bonds is 11. The van der Waals surface area contributed by atoms with Gasteiger partial charge in [-0.3, -0.25) is 19.4 Å². The first-order valence-electron chi connectivity index (χ1n) is 17.3. The summed E-state index contributed by atoms with van der Waals surface area (Å²) in [7, 11) is 0. The fraction of sp³-hybridized carbons (Fsp3) is 0.250. The highest BCUT2D eigenvalue weighted by atomic mass is 19.4. The van der Waals surface area contributed by atoms with Gasteiger partial charge < -0.3 is 31.1 Å². The van der Waals surface area contributed by atoms with Crippen LogP contribution in [0.5, 0.6) is 5.75 Å². The number of aromatic nitrogens is 1. The van der Waals surface area contributed by atoms with Crippen LogP contribution in [0.2, 0.25) is 0 Å². The number of nitrogens with zero attached hydrogens (tertiary/aromatic N) is 3. The molecular formula is C40H35F5N6O6. The Balaban J connectivity index is 0.000000811. The maximum Gasteiger partial charge on any atom is 0.490 e. The number of carbonyl (C=O) groups is 4. The smallest absolute Gasteiger partial charge is 0.490 e. The van der Waals surface area contributed by atoms with Gasteiger partial charge in [0.05, 0.1) is 42.8 Å². The van der Waals surface area contributed by atoms with Crippen molar-refractivity contribution in [3.63, 3.8) is 0 Å². The molecule has 1 aromatic heterocycles. The van der Waals surface area contributed by atoms with Gasteiger partial charge in [0.25, 0.3) is 11.8 Å². The molecule has 0 saturated carbocycles. The summed E-state index contributed by atoms with van der Waals surface area (Å²) < 4.78 is 65.4. The number of carbonyl (C=O) groups excluding carboxylic acids is 3. The summed E-state index contributed by atoms with van der Waals surface area (Å²) in [6.45, 7) is -1.30. The molecule has 17 heteroatoms. The van der Waals surface area contributed by atoms with Crippen LogP contribution in [0.3, 0.4) is 0 Å². The number of amides is 3. The Hall–Kier alpha value is -6.67. The quantitative estimate of drug-likeness (QED) is 0.130. The summed E-state index contributed by atoms with van der Waals surface area (Å²) >= 11 is 0. The van der Waals surface area contributed by atoms with Crippen LogP contribution in [0.4, 0.5) is 22.0 Å². The zero-order valence-corrected chi connectivity index (χ0v) is 29.9. The van der Waals surface area contributed by atoms with Crippen LogP contribution in [-0.2, 0) is 20.8 Å². The van der Waals surface area contributed by atoms with Crippen molar-refractivity contribution in [2.75, 3.05) is 26.2 Å². The monoisotopic (exact) mass is 790 g/mol. The number of fused-ring (bicyclic) bond motifs is 2. The number of pyridine rings is 1. The number of alkyl halides is 5. The van der Waals surface area contributed by atoms with Gasteiger partial charge >= 0.3 is 12.1 Å².